The zero-order chi connectivity index (χ0) is 37.8. The van der Waals surface area contributed by atoms with Crippen LogP contribution in [0.5, 0.6) is 0 Å². The standard InChI is InChI=1S/C40H45N3O8S2/c1-4-43(40(23-24-40)39(47)51-5-2)53(48,49)31-10-8-9-29(25-31)35(44)42-37-34(32-11-6-7-12-33(32)52-37)36(45)41-30-21-17-27(18-22-30)14-13-26-15-19-28(20-16-26)38(46)50-3/h8-10,15-22,25,36,41,45H,4-7,11-14,23-24H2,1-3H3,(H,42,44). The second kappa shape index (κ2) is 16.2. The highest BCUT2D eigenvalue weighted by Crippen LogP contribution is 2.46. The first-order valence-corrected chi connectivity index (χ1v) is 20.2. The summed E-state index contributed by atoms with van der Waals surface area (Å²) in [5.41, 5.74) is 3.99. The first kappa shape index (κ1) is 38.2. The molecule has 6 rings (SSSR count). The van der Waals surface area contributed by atoms with E-state index in [4.69, 9.17) is 9.47 Å². The minimum absolute atomic E-state index is 0.0728. The molecule has 0 spiro atoms. The summed E-state index contributed by atoms with van der Waals surface area (Å²) in [7, 11) is -2.77. The average molecular weight is 760 g/mol. The molecule has 0 aliphatic heterocycles. The molecule has 1 aromatic heterocycles. The van der Waals surface area contributed by atoms with Gasteiger partial charge in [-0.05, 0) is 117 Å². The van der Waals surface area contributed by atoms with Crippen LogP contribution in [-0.4, -0.2) is 61.5 Å². The fraction of sp³-hybridized carbons (Fsp3) is 0.375. The summed E-state index contributed by atoms with van der Waals surface area (Å²) >= 11 is 1.44. The number of aliphatic hydroxyl groups excluding tert-OH is 1. The summed E-state index contributed by atoms with van der Waals surface area (Å²) in [5, 5.41) is 18.3. The smallest absolute Gasteiger partial charge is 0.337 e. The van der Waals surface area contributed by atoms with E-state index in [0.29, 0.717) is 34.7 Å². The summed E-state index contributed by atoms with van der Waals surface area (Å²) in [6.45, 7) is 3.58. The van der Waals surface area contributed by atoms with Crippen molar-refractivity contribution in [3.05, 3.63) is 111 Å². The van der Waals surface area contributed by atoms with Crippen LogP contribution in [0.3, 0.4) is 0 Å². The molecule has 11 nitrogen and oxygen atoms in total. The lowest BCUT2D eigenvalue weighted by atomic mass is 9.94. The third-order valence-corrected chi connectivity index (χ3v) is 13.1. The zero-order valence-corrected chi connectivity index (χ0v) is 31.8. The van der Waals surface area contributed by atoms with E-state index in [1.54, 1.807) is 32.0 Å². The fourth-order valence-corrected chi connectivity index (χ4v) is 10.1. The maximum absolute atomic E-state index is 13.8. The van der Waals surface area contributed by atoms with Gasteiger partial charge in [-0.1, -0.05) is 37.3 Å². The third kappa shape index (κ3) is 8.18. The summed E-state index contributed by atoms with van der Waals surface area (Å²) in [6.07, 6.45) is 4.84. The van der Waals surface area contributed by atoms with Gasteiger partial charge in [0.1, 0.15) is 10.5 Å². The normalized spacial score (nSPS) is 15.3. The molecule has 0 bridgehead atoms. The topological polar surface area (TPSA) is 151 Å². The Morgan fingerprint density at radius 2 is 1.58 bits per heavy atom. The lowest BCUT2D eigenvalue weighted by Gasteiger charge is -2.28. The van der Waals surface area contributed by atoms with E-state index in [0.717, 1.165) is 60.1 Å². The molecule has 3 aromatic carbocycles. The molecule has 2 aliphatic rings. The maximum Gasteiger partial charge on any atom is 0.337 e. The highest BCUT2D eigenvalue weighted by atomic mass is 32.2. The van der Waals surface area contributed by atoms with E-state index in [9.17, 15) is 27.9 Å². The molecule has 1 fully saturated rings. The Morgan fingerprint density at radius 1 is 0.925 bits per heavy atom. The highest BCUT2D eigenvalue weighted by Gasteiger charge is 2.59. The SMILES string of the molecule is CCOC(=O)C1(N(CC)S(=O)(=O)c2cccc(C(=O)Nc3sc4c(c3C(O)Nc3ccc(CCc5ccc(C(=O)OC)cc5)cc3)CCCC4)c2)CC1. The predicted octanol–water partition coefficient (Wildman–Crippen LogP) is 6.66. The summed E-state index contributed by atoms with van der Waals surface area (Å²) in [4.78, 5) is 39.2. The predicted molar refractivity (Wildman–Crippen MR) is 204 cm³/mol. The molecule has 1 heterocycles. The average Bonchev–Trinajstić information content (AvgIpc) is 3.88. The Morgan fingerprint density at radius 3 is 2.21 bits per heavy atom. The monoisotopic (exact) mass is 759 g/mol. The van der Waals surface area contributed by atoms with Gasteiger partial charge in [0, 0.05) is 28.2 Å². The van der Waals surface area contributed by atoms with Crippen molar-refractivity contribution >= 4 is 49.9 Å². The van der Waals surface area contributed by atoms with Crippen molar-refractivity contribution in [3.63, 3.8) is 0 Å². The van der Waals surface area contributed by atoms with Gasteiger partial charge in [-0.25, -0.2) is 13.2 Å². The van der Waals surface area contributed by atoms with Gasteiger partial charge in [0.25, 0.3) is 5.91 Å². The molecule has 0 saturated heterocycles. The molecule has 280 valence electrons. The van der Waals surface area contributed by atoms with Crippen LogP contribution in [0.4, 0.5) is 10.7 Å². The first-order valence-electron chi connectivity index (χ1n) is 18.0. The Kier molecular flexibility index (Phi) is 11.7. The number of amides is 1. The lowest BCUT2D eigenvalue weighted by molar-refractivity contribution is -0.149. The van der Waals surface area contributed by atoms with Crippen LogP contribution in [0.25, 0.3) is 0 Å². The van der Waals surface area contributed by atoms with Crippen molar-refractivity contribution in [2.24, 2.45) is 0 Å². The van der Waals surface area contributed by atoms with Crippen molar-refractivity contribution in [2.75, 3.05) is 30.9 Å². The molecular formula is C40H45N3O8S2. The molecule has 4 aromatic rings. The number of carbonyl (C=O) groups is 3. The quantitative estimate of drug-likeness (QED) is 0.0893. The second-order valence-corrected chi connectivity index (χ2v) is 16.3. The number of likely N-dealkylation sites (N-methyl/N-ethyl adjacent to an activating group) is 1. The van der Waals surface area contributed by atoms with Crippen molar-refractivity contribution in [3.8, 4) is 0 Å². The number of aliphatic hydroxyl groups is 1. The molecule has 1 saturated carbocycles. The van der Waals surface area contributed by atoms with Crippen molar-refractivity contribution in [2.45, 2.75) is 81.9 Å². The number of fused-ring (bicyclic) bond motifs is 1. The molecule has 53 heavy (non-hydrogen) atoms. The third-order valence-electron chi connectivity index (χ3n) is 9.88. The van der Waals surface area contributed by atoms with Crippen LogP contribution in [-0.2, 0) is 50.0 Å². The Bertz CT molecular complexity index is 2070. The van der Waals surface area contributed by atoms with Crippen LogP contribution in [0.15, 0.2) is 77.7 Å². The number of aryl methyl sites for hydroxylation is 3. The van der Waals surface area contributed by atoms with E-state index in [-0.39, 0.29) is 29.6 Å². The molecule has 2 aliphatic carbocycles. The molecule has 1 unspecified atom stereocenters. The van der Waals surface area contributed by atoms with E-state index in [1.807, 2.05) is 36.4 Å². The van der Waals surface area contributed by atoms with E-state index in [2.05, 4.69) is 10.6 Å². The van der Waals surface area contributed by atoms with Crippen LogP contribution >= 0.6 is 11.3 Å². The number of rotatable bonds is 15. The van der Waals surface area contributed by atoms with Crippen molar-refractivity contribution in [1.29, 1.82) is 0 Å². The minimum atomic E-state index is -4.13. The Labute approximate surface area is 314 Å². The fourth-order valence-electron chi connectivity index (χ4n) is 6.93. The largest absolute Gasteiger partial charge is 0.465 e. The highest BCUT2D eigenvalue weighted by molar-refractivity contribution is 7.89. The minimum Gasteiger partial charge on any atom is -0.465 e. The number of ether oxygens (including phenoxy) is 2. The molecule has 0 radical (unpaired) electrons. The molecule has 3 N–H and O–H groups in total. The van der Waals surface area contributed by atoms with Crippen LogP contribution < -0.4 is 10.6 Å². The van der Waals surface area contributed by atoms with E-state index >= 15 is 0 Å². The molecule has 13 heteroatoms. The number of nitrogens with one attached hydrogen (secondary N) is 2. The summed E-state index contributed by atoms with van der Waals surface area (Å²) < 4.78 is 38.8. The van der Waals surface area contributed by atoms with E-state index in [1.165, 1.54) is 41.0 Å². The second-order valence-electron chi connectivity index (χ2n) is 13.3. The van der Waals surface area contributed by atoms with E-state index < -0.39 is 33.7 Å². The van der Waals surface area contributed by atoms with Gasteiger partial charge in [0.05, 0.1) is 24.2 Å². The lowest BCUT2D eigenvalue weighted by Crippen LogP contribution is -2.47. The number of benzene rings is 3. The number of methoxy groups -OCH3 is 1. The summed E-state index contributed by atoms with van der Waals surface area (Å²) in [6, 6.07) is 21.0. The Balaban J connectivity index is 1.16. The first-order chi connectivity index (χ1) is 25.5. The van der Waals surface area contributed by atoms with Crippen molar-refractivity contribution < 1.29 is 37.4 Å². The van der Waals surface area contributed by atoms with Crippen molar-refractivity contribution in [1.82, 2.24) is 4.31 Å². The van der Waals surface area contributed by atoms with Gasteiger partial charge in [0.2, 0.25) is 10.0 Å². The van der Waals surface area contributed by atoms with Crippen LogP contribution in [0, 0.1) is 0 Å². The maximum atomic E-state index is 13.8. The van der Waals surface area contributed by atoms with Gasteiger partial charge >= 0.3 is 11.9 Å². The molecule has 1 amide bonds. The number of thiophene rings is 1. The summed E-state index contributed by atoms with van der Waals surface area (Å²) in [5.74, 6) is -1.43. The van der Waals surface area contributed by atoms with Gasteiger partial charge in [0.15, 0.2) is 6.23 Å². The van der Waals surface area contributed by atoms with Gasteiger partial charge in [-0.15, -0.1) is 11.3 Å². The number of hydrogen-bond donors (Lipinski definition) is 3. The number of hydrogen-bond acceptors (Lipinski definition) is 10. The molecule has 1 atom stereocenters. The number of esters is 2. The van der Waals surface area contributed by atoms with Gasteiger partial charge in [-0.3, -0.25) is 9.59 Å². The van der Waals surface area contributed by atoms with Crippen LogP contribution in [0.2, 0.25) is 0 Å². The van der Waals surface area contributed by atoms with Gasteiger partial charge < -0.3 is 25.2 Å². The number of sulfonamides is 1. The molecular weight excluding hydrogens is 715 g/mol. The number of anilines is 2. The zero-order valence-electron chi connectivity index (χ0n) is 30.1. The van der Waals surface area contributed by atoms with Gasteiger partial charge in [-0.2, -0.15) is 4.31 Å². The number of carbonyl (C=O) groups excluding carboxylic acids is 3. The van der Waals surface area contributed by atoms with Crippen LogP contribution in [0.1, 0.15) is 93.6 Å². The Hall–Kier alpha value is -4.56. The number of nitrogens with zero attached hydrogens (tertiary/aromatic N) is 1.